The van der Waals surface area contributed by atoms with Crippen LogP contribution in [0, 0.1) is 5.41 Å². The van der Waals surface area contributed by atoms with E-state index in [-0.39, 0.29) is 6.10 Å². The first-order chi connectivity index (χ1) is 10.2. The summed E-state index contributed by atoms with van der Waals surface area (Å²) in [5.41, 5.74) is 0.968. The number of ether oxygens (including phenoxy) is 1. The molecule has 5 heteroatoms. The lowest BCUT2D eigenvalue weighted by Gasteiger charge is -2.22. The Hall–Kier alpha value is -1.68. The van der Waals surface area contributed by atoms with E-state index in [1.165, 1.54) is 6.20 Å². The molecule has 2 aliphatic rings. The zero-order valence-electron chi connectivity index (χ0n) is 11.8. The highest BCUT2D eigenvalue weighted by molar-refractivity contribution is 6.30. The van der Waals surface area contributed by atoms with E-state index in [0.29, 0.717) is 24.4 Å². The summed E-state index contributed by atoms with van der Waals surface area (Å²) in [6.45, 7) is 0. The summed E-state index contributed by atoms with van der Waals surface area (Å²) in [5.74, 6) is 0.707. The Bertz CT molecular complexity index is 522. The van der Waals surface area contributed by atoms with Crippen LogP contribution in [0.25, 0.3) is 0 Å². The highest BCUT2D eigenvalue weighted by Crippen LogP contribution is 2.21. The average molecular weight is 307 g/mol. The quantitative estimate of drug-likeness (QED) is 0.618. The highest BCUT2D eigenvalue weighted by atomic mass is 35.5. The van der Waals surface area contributed by atoms with E-state index in [2.05, 4.69) is 11.1 Å². The van der Waals surface area contributed by atoms with E-state index in [0.717, 1.165) is 42.5 Å². The minimum Gasteiger partial charge on any atom is -0.487 e. The number of nitrogens with one attached hydrogen (secondary N) is 1. The number of ketones is 1. The first-order valence-electron chi connectivity index (χ1n) is 7.16. The van der Waals surface area contributed by atoms with Crippen molar-refractivity contribution >= 4 is 29.8 Å². The van der Waals surface area contributed by atoms with Gasteiger partial charge >= 0.3 is 0 Å². The van der Waals surface area contributed by atoms with Crippen LogP contribution in [0.15, 0.2) is 39.7 Å². The maximum Gasteiger partial charge on any atom is 0.155 e. The molecule has 2 aliphatic carbocycles. The number of carbonyl (C=O) groups excluding carboxylic acids is 1. The van der Waals surface area contributed by atoms with Crippen LogP contribution in [0.4, 0.5) is 0 Å². The molecule has 0 amide bonds. The van der Waals surface area contributed by atoms with Crippen LogP contribution in [-0.2, 0) is 9.53 Å². The Balaban J connectivity index is 1.90. The fourth-order valence-corrected chi connectivity index (χ4v) is 2.54. The van der Waals surface area contributed by atoms with Gasteiger partial charge in [-0.2, -0.15) is 0 Å². The van der Waals surface area contributed by atoms with Crippen LogP contribution in [-0.4, -0.2) is 24.3 Å². The first-order valence-corrected chi connectivity index (χ1v) is 7.53. The lowest BCUT2D eigenvalue weighted by molar-refractivity contribution is -0.122. The van der Waals surface area contributed by atoms with Crippen molar-refractivity contribution in [3.63, 3.8) is 0 Å². The summed E-state index contributed by atoms with van der Waals surface area (Å²) in [6.07, 6.45) is 12.7. The molecular formula is C16H19ClN2O2. The second kappa shape index (κ2) is 7.93. The molecular weight excluding hydrogens is 288 g/mol. The molecule has 21 heavy (non-hydrogen) atoms. The van der Waals surface area contributed by atoms with Crippen molar-refractivity contribution in [1.29, 1.82) is 5.41 Å². The number of allylic oxidation sites excluding steroid dienone is 5. The molecule has 0 spiro atoms. The van der Waals surface area contributed by atoms with E-state index < -0.39 is 0 Å². The molecule has 112 valence electrons. The molecule has 0 radical (unpaired) electrons. The summed E-state index contributed by atoms with van der Waals surface area (Å²) in [4.78, 5) is 15.4. The van der Waals surface area contributed by atoms with Crippen molar-refractivity contribution < 1.29 is 9.53 Å². The Morgan fingerprint density at radius 2 is 2.14 bits per heavy atom. The molecule has 1 N–H and O–H groups in total. The molecule has 0 atom stereocenters. The van der Waals surface area contributed by atoms with Crippen LogP contribution in [0.1, 0.15) is 38.5 Å². The van der Waals surface area contributed by atoms with Crippen molar-refractivity contribution in [1.82, 2.24) is 0 Å². The third-order valence-electron chi connectivity index (χ3n) is 3.45. The van der Waals surface area contributed by atoms with Gasteiger partial charge in [-0.1, -0.05) is 17.7 Å². The Kier molecular flexibility index (Phi) is 5.93. The Morgan fingerprint density at radius 3 is 2.81 bits per heavy atom. The third kappa shape index (κ3) is 5.31. The summed E-state index contributed by atoms with van der Waals surface area (Å²) >= 11 is 5.98. The lowest BCUT2D eigenvalue weighted by atomic mass is 9.96. The summed E-state index contributed by atoms with van der Waals surface area (Å²) in [5, 5.41) is 8.20. The molecule has 0 heterocycles. The number of nitrogens with zero attached hydrogens (tertiary/aromatic N) is 1. The minimum atomic E-state index is 0.00832. The van der Waals surface area contributed by atoms with Crippen molar-refractivity contribution in [2.45, 2.75) is 44.6 Å². The predicted octanol–water partition coefficient (Wildman–Crippen LogP) is 3.92. The van der Waals surface area contributed by atoms with E-state index in [1.807, 2.05) is 6.08 Å². The van der Waals surface area contributed by atoms with Gasteiger partial charge in [0.1, 0.15) is 5.78 Å². The second-order valence-corrected chi connectivity index (χ2v) is 5.63. The van der Waals surface area contributed by atoms with Crippen LogP contribution < -0.4 is 0 Å². The van der Waals surface area contributed by atoms with Gasteiger partial charge in [0.25, 0.3) is 0 Å². The van der Waals surface area contributed by atoms with Crippen LogP contribution in [0.2, 0.25) is 0 Å². The summed E-state index contributed by atoms with van der Waals surface area (Å²) in [6, 6.07) is 0. The molecule has 0 aromatic carbocycles. The maximum absolute atomic E-state index is 11.2. The first kappa shape index (κ1) is 15.7. The standard InChI is InChI=1S/C16H19ClN2O2/c17-13-3-1-2-12(8-13)10-19-11-16(9-18)21-15-6-4-14(20)5-7-15/h2,8-11,15,18H,1,3-7H2/b16-11+,18-9?,19-10?. The van der Waals surface area contributed by atoms with Gasteiger partial charge in [0.2, 0.25) is 0 Å². The van der Waals surface area contributed by atoms with Crippen molar-refractivity contribution in [3.8, 4) is 0 Å². The van der Waals surface area contributed by atoms with Gasteiger partial charge in [-0.3, -0.25) is 9.79 Å². The zero-order valence-corrected chi connectivity index (χ0v) is 12.6. The molecule has 2 rings (SSSR count). The van der Waals surface area contributed by atoms with Crippen LogP contribution in [0.5, 0.6) is 0 Å². The van der Waals surface area contributed by atoms with Gasteiger partial charge < -0.3 is 10.1 Å². The average Bonchev–Trinajstić information content (AvgIpc) is 2.48. The second-order valence-electron chi connectivity index (χ2n) is 5.14. The predicted molar refractivity (Wildman–Crippen MR) is 85.0 cm³/mol. The monoisotopic (exact) mass is 306 g/mol. The SMILES string of the molecule is N=C/C(=C\N=CC1=CCCC(Cl)=C1)OC1CCC(=O)CC1. The Labute approximate surface area is 129 Å². The maximum atomic E-state index is 11.2. The molecule has 0 aromatic heterocycles. The van der Waals surface area contributed by atoms with Crippen molar-refractivity contribution in [2.75, 3.05) is 0 Å². The number of halogens is 1. The molecule has 0 unspecified atom stereocenters. The molecule has 0 aromatic rings. The van der Waals surface area contributed by atoms with Gasteiger partial charge in [-0.25, -0.2) is 0 Å². The molecule has 0 bridgehead atoms. The summed E-state index contributed by atoms with van der Waals surface area (Å²) in [7, 11) is 0. The summed E-state index contributed by atoms with van der Waals surface area (Å²) < 4.78 is 5.69. The van der Waals surface area contributed by atoms with Gasteiger partial charge in [0, 0.05) is 24.1 Å². The largest absolute Gasteiger partial charge is 0.487 e. The van der Waals surface area contributed by atoms with E-state index >= 15 is 0 Å². The normalized spacial score (nSPS) is 21.2. The van der Waals surface area contributed by atoms with Crippen LogP contribution >= 0.6 is 11.6 Å². The van der Waals surface area contributed by atoms with Gasteiger partial charge in [-0.15, -0.1) is 0 Å². The highest BCUT2D eigenvalue weighted by Gasteiger charge is 2.20. The fourth-order valence-electron chi connectivity index (χ4n) is 2.30. The van der Waals surface area contributed by atoms with Gasteiger partial charge in [0.05, 0.1) is 18.5 Å². The molecule has 1 saturated carbocycles. The molecule has 4 nitrogen and oxygen atoms in total. The number of carbonyl (C=O) groups is 1. The van der Waals surface area contributed by atoms with Gasteiger partial charge in [0.15, 0.2) is 5.76 Å². The lowest BCUT2D eigenvalue weighted by Crippen LogP contribution is -2.21. The number of aliphatic imine (C=N–C) groups is 1. The van der Waals surface area contributed by atoms with E-state index in [9.17, 15) is 4.79 Å². The smallest absolute Gasteiger partial charge is 0.155 e. The molecule has 0 saturated heterocycles. The topological polar surface area (TPSA) is 62.5 Å². The minimum absolute atomic E-state index is 0.00832. The fraction of sp³-hybridized carbons (Fsp3) is 0.438. The van der Waals surface area contributed by atoms with Crippen LogP contribution in [0.3, 0.4) is 0 Å². The zero-order chi connectivity index (χ0) is 15.1. The Morgan fingerprint density at radius 1 is 1.38 bits per heavy atom. The number of Topliss-reactive ketones (excluding diaryl/α,β-unsaturated/α-hetero) is 1. The number of hydrogen-bond acceptors (Lipinski definition) is 4. The number of rotatable bonds is 5. The number of hydrogen-bond donors (Lipinski definition) is 1. The van der Waals surface area contributed by atoms with Crippen molar-refractivity contribution in [3.05, 3.63) is 34.7 Å². The molecule has 1 fully saturated rings. The third-order valence-corrected chi connectivity index (χ3v) is 3.75. The van der Waals surface area contributed by atoms with Crippen molar-refractivity contribution in [2.24, 2.45) is 4.99 Å². The van der Waals surface area contributed by atoms with Gasteiger partial charge in [-0.05, 0) is 37.3 Å². The van der Waals surface area contributed by atoms with E-state index in [1.54, 1.807) is 6.21 Å². The molecule has 0 aliphatic heterocycles. The van der Waals surface area contributed by atoms with E-state index in [4.69, 9.17) is 21.7 Å².